The molecule has 2 heteroatoms. The maximum atomic E-state index is 5.46. The van der Waals surface area contributed by atoms with Crippen molar-refractivity contribution in [3.63, 3.8) is 0 Å². The van der Waals surface area contributed by atoms with E-state index in [-0.39, 0.29) is 6.04 Å². The molecule has 0 radical (unpaired) electrons. The van der Waals surface area contributed by atoms with Gasteiger partial charge in [0.2, 0.25) is 0 Å². The Hall–Kier alpha value is -2.09. The minimum atomic E-state index is 0.230. The third-order valence-corrected chi connectivity index (χ3v) is 4.17. The summed E-state index contributed by atoms with van der Waals surface area (Å²) in [5, 5.41) is 0. The molecule has 0 saturated carbocycles. The molecule has 1 atom stereocenters. The first-order valence-electron chi connectivity index (χ1n) is 7.53. The summed E-state index contributed by atoms with van der Waals surface area (Å²) in [6.07, 6.45) is 3.01. The molecular weight excluding hydrogens is 258 g/mol. The van der Waals surface area contributed by atoms with Crippen molar-refractivity contribution in [1.82, 2.24) is 0 Å². The number of ether oxygens (including phenoxy) is 1. The first-order chi connectivity index (χ1) is 10.3. The number of hydrogen-bond donors (Lipinski definition) is 0. The Kier molecular flexibility index (Phi) is 4.05. The number of methoxy groups -OCH3 is 1. The minimum absolute atomic E-state index is 0.230. The first-order valence-corrected chi connectivity index (χ1v) is 7.53. The van der Waals surface area contributed by atoms with Crippen molar-refractivity contribution in [3.05, 3.63) is 65.2 Å². The van der Waals surface area contributed by atoms with Crippen molar-refractivity contribution in [1.29, 1.82) is 0 Å². The van der Waals surface area contributed by atoms with Gasteiger partial charge in [-0.15, -0.1) is 0 Å². The maximum Gasteiger partial charge on any atom is 0.122 e. The fourth-order valence-corrected chi connectivity index (χ4v) is 3.02. The standard InChI is InChI=1S/C19H21NO/c1-14(15-7-4-3-5-8-15)20-17-11-12-18-16(13-17)9-6-10-19(18)21-2/h3-10,14H,11-13H2,1-2H3/b20-17+/t14-/m0/s1. The number of fused-ring (bicyclic) bond motifs is 1. The van der Waals surface area contributed by atoms with Crippen LogP contribution >= 0.6 is 0 Å². The summed E-state index contributed by atoms with van der Waals surface area (Å²) in [7, 11) is 1.75. The summed E-state index contributed by atoms with van der Waals surface area (Å²) in [4.78, 5) is 4.94. The molecule has 1 aliphatic rings. The lowest BCUT2D eigenvalue weighted by atomic mass is 9.89. The largest absolute Gasteiger partial charge is 0.496 e. The van der Waals surface area contributed by atoms with Crippen LogP contribution in [0, 0.1) is 0 Å². The number of benzene rings is 2. The van der Waals surface area contributed by atoms with Crippen LogP contribution in [-0.4, -0.2) is 12.8 Å². The summed E-state index contributed by atoms with van der Waals surface area (Å²) in [5.41, 5.74) is 5.29. The average molecular weight is 279 g/mol. The zero-order valence-electron chi connectivity index (χ0n) is 12.7. The second kappa shape index (κ2) is 6.13. The van der Waals surface area contributed by atoms with Crippen LogP contribution in [0.5, 0.6) is 5.75 Å². The Morgan fingerprint density at radius 1 is 1.00 bits per heavy atom. The van der Waals surface area contributed by atoms with Crippen LogP contribution in [0.25, 0.3) is 0 Å². The van der Waals surface area contributed by atoms with Gasteiger partial charge in [-0.25, -0.2) is 0 Å². The van der Waals surface area contributed by atoms with E-state index < -0.39 is 0 Å². The molecular formula is C19H21NO. The smallest absolute Gasteiger partial charge is 0.122 e. The van der Waals surface area contributed by atoms with E-state index in [2.05, 4.69) is 43.3 Å². The van der Waals surface area contributed by atoms with E-state index in [1.165, 1.54) is 22.4 Å². The number of rotatable bonds is 3. The topological polar surface area (TPSA) is 21.6 Å². The highest BCUT2D eigenvalue weighted by Crippen LogP contribution is 2.29. The average Bonchev–Trinajstić information content (AvgIpc) is 2.54. The van der Waals surface area contributed by atoms with Gasteiger partial charge in [0, 0.05) is 12.1 Å². The van der Waals surface area contributed by atoms with Gasteiger partial charge in [-0.05, 0) is 42.5 Å². The molecule has 0 saturated heterocycles. The third kappa shape index (κ3) is 2.99. The van der Waals surface area contributed by atoms with Gasteiger partial charge in [-0.3, -0.25) is 4.99 Å². The van der Waals surface area contributed by atoms with Gasteiger partial charge < -0.3 is 4.74 Å². The monoisotopic (exact) mass is 279 g/mol. The normalized spacial score (nSPS) is 17.3. The number of hydrogen-bond acceptors (Lipinski definition) is 2. The maximum absolute atomic E-state index is 5.46. The van der Waals surface area contributed by atoms with Crippen LogP contribution in [0.15, 0.2) is 53.5 Å². The van der Waals surface area contributed by atoms with E-state index in [1.807, 2.05) is 12.1 Å². The van der Waals surface area contributed by atoms with Crippen molar-refractivity contribution in [3.8, 4) is 5.75 Å². The lowest BCUT2D eigenvalue weighted by Gasteiger charge is -2.21. The fourth-order valence-electron chi connectivity index (χ4n) is 3.02. The Labute approximate surface area is 126 Å². The molecule has 0 bridgehead atoms. The van der Waals surface area contributed by atoms with Crippen molar-refractivity contribution < 1.29 is 4.74 Å². The van der Waals surface area contributed by atoms with E-state index >= 15 is 0 Å². The molecule has 0 spiro atoms. The Morgan fingerprint density at radius 2 is 1.81 bits per heavy atom. The Balaban J connectivity index is 1.81. The highest BCUT2D eigenvalue weighted by molar-refractivity contribution is 5.89. The molecule has 0 heterocycles. The third-order valence-electron chi connectivity index (χ3n) is 4.17. The number of nitrogens with zero attached hydrogens (tertiary/aromatic N) is 1. The molecule has 21 heavy (non-hydrogen) atoms. The molecule has 2 nitrogen and oxygen atoms in total. The van der Waals surface area contributed by atoms with Crippen LogP contribution in [-0.2, 0) is 12.8 Å². The van der Waals surface area contributed by atoms with Gasteiger partial charge >= 0.3 is 0 Å². The molecule has 0 N–H and O–H groups in total. The van der Waals surface area contributed by atoms with Crippen LogP contribution in [0.4, 0.5) is 0 Å². The Morgan fingerprint density at radius 3 is 2.57 bits per heavy atom. The highest BCUT2D eigenvalue weighted by atomic mass is 16.5. The van der Waals surface area contributed by atoms with Gasteiger partial charge in [-0.1, -0.05) is 42.5 Å². The summed E-state index contributed by atoms with van der Waals surface area (Å²) in [6.45, 7) is 2.17. The van der Waals surface area contributed by atoms with Crippen molar-refractivity contribution >= 4 is 5.71 Å². The predicted molar refractivity (Wildman–Crippen MR) is 87.3 cm³/mol. The van der Waals surface area contributed by atoms with E-state index in [9.17, 15) is 0 Å². The zero-order chi connectivity index (χ0) is 14.7. The van der Waals surface area contributed by atoms with Crippen LogP contribution in [0.2, 0.25) is 0 Å². The second-order valence-corrected chi connectivity index (χ2v) is 5.56. The summed E-state index contributed by atoms with van der Waals surface area (Å²) in [6, 6.07) is 17.0. The van der Waals surface area contributed by atoms with Gasteiger partial charge in [0.15, 0.2) is 0 Å². The van der Waals surface area contributed by atoms with E-state index in [0.717, 1.165) is 25.0 Å². The molecule has 0 unspecified atom stereocenters. The quantitative estimate of drug-likeness (QED) is 0.816. The predicted octanol–water partition coefficient (Wildman–Crippen LogP) is 4.39. The molecule has 0 amide bonds. The Bertz CT molecular complexity index is 646. The van der Waals surface area contributed by atoms with Crippen LogP contribution in [0.1, 0.15) is 36.1 Å². The van der Waals surface area contributed by atoms with Gasteiger partial charge in [-0.2, -0.15) is 0 Å². The molecule has 1 aliphatic carbocycles. The summed E-state index contributed by atoms with van der Waals surface area (Å²) in [5.74, 6) is 1.02. The highest BCUT2D eigenvalue weighted by Gasteiger charge is 2.18. The molecule has 0 fully saturated rings. The summed E-state index contributed by atoms with van der Waals surface area (Å²) >= 11 is 0. The molecule has 2 aromatic carbocycles. The van der Waals surface area contributed by atoms with Gasteiger partial charge in [0.05, 0.1) is 13.2 Å². The van der Waals surface area contributed by atoms with Crippen molar-refractivity contribution in [2.75, 3.05) is 7.11 Å². The summed E-state index contributed by atoms with van der Waals surface area (Å²) < 4.78 is 5.46. The fraction of sp³-hybridized carbons (Fsp3) is 0.316. The number of aliphatic imine (C=N–C) groups is 1. The molecule has 0 aliphatic heterocycles. The van der Waals surface area contributed by atoms with Gasteiger partial charge in [0.25, 0.3) is 0 Å². The molecule has 0 aromatic heterocycles. The molecule has 2 aromatic rings. The van der Waals surface area contributed by atoms with E-state index in [1.54, 1.807) is 7.11 Å². The SMILES string of the molecule is COc1cccc2c1CC/C(=N\[C@@H](C)c1ccccc1)C2. The second-order valence-electron chi connectivity index (χ2n) is 5.56. The lowest BCUT2D eigenvalue weighted by molar-refractivity contribution is 0.408. The molecule has 3 rings (SSSR count). The van der Waals surface area contributed by atoms with E-state index in [0.29, 0.717) is 0 Å². The van der Waals surface area contributed by atoms with Crippen molar-refractivity contribution in [2.24, 2.45) is 4.99 Å². The zero-order valence-corrected chi connectivity index (χ0v) is 12.7. The van der Waals surface area contributed by atoms with Crippen LogP contribution < -0.4 is 4.74 Å². The van der Waals surface area contributed by atoms with Crippen LogP contribution in [0.3, 0.4) is 0 Å². The molecule has 108 valence electrons. The van der Waals surface area contributed by atoms with Gasteiger partial charge in [0.1, 0.15) is 5.75 Å². The lowest BCUT2D eigenvalue weighted by Crippen LogP contribution is -2.15. The van der Waals surface area contributed by atoms with Crippen molar-refractivity contribution in [2.45, 2.75) is 32.2 Å². The van der Waals surface area contributed by atoms with E-state index in [4.69, 9.17) is 9.73 Å². The first kappa shape index (κ1) is 13.9. The minimum Gasteiger partial charge on any atom is -0.496 e.